The maximum absolute atomic E-state index is 4.34. The van der Waals surface area contributed by atoms with Gasteiger partial charge in [0.25, 0.3) is 0 Å². The van der Waals surface area contributed by atoms with Crippen molar-refractivity contribution >= 4 is 24.9 Å². The van der Waals surface area contributed by atoms with Gasteiger partial charge in [0.15, 0.2) is 8.07 Å². The van der Waals surface area contributed by atoms with Crippen LogP contribution >= 0.6 is 0 Å². The summed E-state index contributed by atoms with van der Waals surface area (Å²) in [6, 6.07) is 42.4. The van der Waals surface area contributed by atoms with E-state index in [1.807, 2.05) is 6.07 Å². The molecular weight excluding hydrogens is 412 g/mol. The van der Waals surface area contributed by atoms with Crippen molar-refractivity contribution in [2.45, 2.75) is 0 Å². The minimum Gasteiger partial charge on any atom is -0.106 e. The van der Waals surface area contributed by atoms with Crippen molar-refractivity contribution in [3.05, 3.63) is 174 Å². The van der Waals surface area contributed by atoms with E-state index in [1.165, 1.54) is 33.0 Å². The van der Waals surface area contributed by atoms with E-state index in [-0.39, 0.29) is 0 Å². The molecule has 0 spiro atoms. The molecule has 0 amide bonds. The Labute approximate surface area is 198 Å². The van der Waals surface area contributed by atoms with Gasteiger partial charge in [-0.1, -0.05) is 145 Å². The van der Waals surface area contributed by atoms with E-state index in [2.05, 4.69) is 152 Å². The molecule has 33 heavy (non-hydrogen) atoms. The molecular formula is C32H28Si. The van der Waals surface area contributed by atoms with Gasteiger partial charge in [-0.05, 0) is 33.0 Å². The molecule has 0 saturated heterocycles. The highest BCUT2D eigenvalue weighted by Crippen LogP contribution is 2.39. The van der Waals surface area contributed by atoms with Crippen molar-refractivity contribution in [2.24, 2.45) is 0 Å². The highest BCUT2D eigenvalue weighted by Gasteiger charge is 2.32. The van der Waals surface area contributed by atoms with Crippen molar-refractivity contribution in [2.75, 3.05) is 0 Å². The van der Waals surface area contributed by atoms with Gasteiger partial charge >= 0.3 is 0 Å². The van der Waals surface area contributed by atoms with Crippen LogP contribution in [0, 0.1) is 0 Å². The Morgan fingerprint density at radius 2 is 0.909 bits per heavy atom. The number of rotatable bonds is 8. The van der Waals surface area contributed by atoms with Crippen molar-refractivity contribution in [3.63, 3.8) is 0 Å². The molecule has 1 heteroatoms. The van der Waals surface area contributed by atoms with E-state index in [9.17, 15) is 0 Å². The topological polar surface area (TPSA) is 0 Å². The van der Waals surface area contributed by atoms with Crippen LogP contribution in [0.5, 0.6) is 0 Å². The third-order valence-electron chi connectivity index (χ3n) is 5.90. The van der Waals surface area contributed by atoms with Crippen molar-refractivity contribution in [3.8, 4) is 0 Å². The fourth-order valence-corrected chi connectivity index (χ4v) is 7.06. The average Bonchev–Trinajstić information content (AvgIpc) is 2.91. The number of hydrogen-bond acceptors (Lipinski definition) is 0. The average molecular weight is 441 g/mol. The van der Waals surface area contributed by atoms with E-state index < -0.39 is 8.07 Å². The second-order valence-corrected chi connectivity index (χ2v) is 11.4. The molecule has 4 aromatic rings. The summed E-state index contributed by atoms with van der Waals surface area (Å²) in [6.07, 6.45) is 2.21. The normalized spacial score (nSPS) is 11.2. The molecule has 0 aliphatic carbocycles. The summed E-state index contributed by atoms with van der Waals surface area (Å²) in [5, 5.41) is 1.29. The van der Waals surface area contributed by atoms with Crippen LogP contribution in [0.2, 0.25) is 0 Å². The molecule has 0 saturated carbocycles. The Morgan fingerprint density at radius 1 is 0.515 bits per heavy atom. The van der Waals surface area contributed by atoms with E-state index in [1.54, 1.807) is 0 Å². The van der Waals surface area contributed by atoms with Gasteiger partial charge in [-0.25, -0.2) is 0 Å². The number of benzene rings is 4. The van der Waals surface area contributed by atoms with Gasteiger partial charge in [0, 0.05) is 0 Å². The fraction of sp³-hybridized carbons (Fsp3) is 0. The molecule has 0 unspecified atom stereocenters. The molecule has 0 heterocycles. The minimum atomic E-state index is -2.50. The van der Waals surface area contributed by atoms with Gasteiger partial charge in [0.05, 0.1) is 0 Å². The van der Waals surface area contributed by atoms with Crippen LogP contribution in [0.1, 0.15) is 22.3 Å². The van der Waals surface area contributed by atoms with Crippen LogP contribution in [0.25, 0.3) is 16.8 Å². The summed E-state index contributed by atoms with van der Waals surface area (Å²) < 4.78 is 0. The van der Waals surface area contributed by atoms with Crippen LogP contribution in [-0.4, -0.2) is 8.07 Å². The third kappa shape index (κ3) is 4.95. The Morgan fingerprint density at radius 3 is 1.33 bits per heavy atom. The molecule has 4 aromatic carbocycles. The van der Waals surface area contributed by atoms with E-state index in [4.69, 9.17) is 0 Å². The maximum Gasteiger partial charge on any atom is 0.158 e. The zero-order valence-corrected chi connectivity index (χ0v) is 19.8. The summed E-state index contributed by atoms with van der Waals surface area (Å²) >= 11 is 0. The second kappa shape index (κ2) is 10.6. The van der Waals surface area contributed by atoms with Gasteiger partial charge < -0.3 is 0 Å². The van der Waals surface area contributed by atoms with Crippen molar-refractivity contribution in [1.29, 1.82) is 0 Å². The zero-order valence-electron chi connectivity index (χ0n) is 18.8. The van der Waals surface area contributed by atoms with Crippen LogP contribution in [-0.2, 0) is 0 Å². The van der Waals surface area contributed by atoms with Crippen LogP contribution < -0.4 is 0 Å². The minimum absolute atomic E-state index is 1.17. The van der Waals surface area contributed by atoms with Crippen molar-refractivity contribution < 1.29 is 0 Å². The van der Waals surface area contributed by atoms with Crippen molar-refractivity contribution in [1.82, 2.24) is 0 Å². The van der Waals surface area contributed by atoms with Gasteiger partial charge in [0.1, 0.15) is 0 Å². The van der Waals surface area contributed by atoms with Gasteiger partial charge in [0.2, 0.25) is 0 Å². The molecule has 0 atom stereocenters. The van der Waals surface area contributed by atoms with Gasteiger partial charge in [-0.3, -0.25) is 0 Å². The molecule has 0 aliphatic heterocycles. The quantitative estimate of drug-likeness (QED) is 0.191. The summed E-state index contributed by atoms with van der Waals surface area (Å²) in [5.41, 5.74) is 12.6. The Hall–Kier alpha value is -3.94. The first-order valence-corrected chi connectivity index (χ1v) is 13.4. The summed E-state index contributed by atoms with van der Waals surface area (Å²) in [4.78, 5) is 0. The first-order chi connectivity index (χ1) is 16.3. The highest BCUT2D eigenvalue weighted by atomic mass is 28.3. The molecule has 0 N–H and O–H groups in total. The first kappa shape index (κ1) is 22.3. The monoisotopic (exact) mass is 440 g/mol. The lowest BCUT2D eigenvalue weighted by Crippen LogP contribution is -2.31. The third-order valence-corrected chi connectivity index (χ3v) is 9.37. The predicted molar refractivity (Wildman–Crippen MR) is 147 cm³/mol. The predicted octanol–water partition coefficient (Wildman–Crippen LogP) is 8.34. The molecule has 0 aromatic heterocycles. The molecule has 0 radical (unpaired) electrons. The van der Waals surface area contributed by atoms with Crippen LogP contribution in [0.3, 0.4) is 0 Å². The molecule has 0 bridgehead atoms. The molecule has 0 aliphatic rings. The van der Waals surface area contributed by atoms with E-state index in [0.717, 1.165) is 0 Å². The standard InChI is InChI=1S/C32H28Si/c1-3-33(4-2,26-25-27-17-9-5-10-18-27)32(30-23-15-8-16-24-30)31(28-19-11-6-12-20-28)29-21-13-7-14-22-29/h3-26H,1-2H2. The zero-order chi connectivity index (χ0) is 22.9. The lowest BCUT2D eigenvalue weighted by atomic mass is 9.95. The first-order valence-electron chi connectivity index (χ1n) is 11.2. The Kier molecular flexibility index (Phi) is 7.14. The summed E-state index contributed by atoms with van der Waals surface area (Å²) in [6.45, 7) is 8.68. The maximum atomic E-state index is 4.34. The lowest BCUT2D eigenvalue weighted by molar-refractivity contribution is 1.54. The van der Waals surface area contributed by atoms with Gasteiger partial charge in [-0.15, -0.1) is 13.2 Å². The molecule has 0 fully saturated rings. The largest absolute Gasteiger partial charge is 0.158 e. The fourth-order valence-electron chi connectivity index (χ4n) is 4.19. The van der Waals surface area contributed by atoms with Gasteiger partial charge in [-0.2, -0.15) is 0 Å². The molecule has 0 nitrogen and oxygen atoms in total. The molecule has 4 rings (SSSR count). The summed E-state index contributed by atoms with van der Waals surface area (Å²) in [7, 11) is -2.50. The SMILES string of the molecule is C=C[Si](C=C)(C=Cc1ccccc1)C(=C(c1ccccc1)c1ccccc1)c1ccccc1. The lowest BCUT2D eigenvalue weighted by Gasteiger charge is -2.29. The molecule has 160 valence electrons. The van der Waals surface area contributed by atoms with E-state index >= 15 is 0 Å². The van der Waals surface area contributed by atoms with Crippen LogP contribution in [0.4, 0.5) is 0 Å². The smallest absolute Gasteiger partial charge is 0.106 e. The summed E-state index contributed by atoms with van der Waals surface area (Å²) in [5.74, 6) is 0. The highest BCUT2D eigenvalue weighted by molar-refractivity contribution is 7.09. The Bertz CT molecular complexity index is 1200. The second-order valence-electron chi connectivity index (χ2n) is 7.93. The van der Waals surface area contributed by atoms with E-state index in [0.29, 0.717) is 0 Å². The Balaban J connectivity index is 2.08. The van der Waals surface area contributed by atoms with Crippen LogP contribution in [0.15, 0.2) is 152 Å². The number of hydrogen-bond donors (Lipinski definition) is 0.